The minimum atomic E-state index is -0.430. The summed E-state index contributed by atoms with van der Waals surface area (Å²) >= 11 is 1.64. The molecule has 0 aliphatic carbocycles. The van der Waals surface area contributed by atoms with Crippen molar-refractivity contribution in [1.29, 1.82) is 0 Å². The molecule has 0 aliphatic heterocycles. The number of amides is 1. The number of primary amides is 1. The highest BCUT2D eigenvalue weighted by atomic mass is 32.2. The van der Waals surface area contributed by atoms with E-state index in [2.05, 4.69) is 27.4 Å². The van der Waals surface area contributed by atoms with Crippen LogP contribution in [0.3, 0.4) is 0 Å². The fourth-order valence-electron chi connectivity index (χ4n) is 2.26. The van der Waals surface area contributed by atoms with E-state index in [1.54, 1.807) is 36.3 Å². The normalized spacial score (nSPS) is 10.4. The van der Waals surface area contributed by atoms with Gasteiger partial charge in [0.15, 0.2) is 0 Å². The minimum absolute atomic E-state index is 0.430. The van der Waals surface area contributed by atoms with Crippen molar-refractivity contribution in [2.45, 2.75) is 17.3 Å². The molecule has 3 N–H and O–H groups in total. The van der Waals surface area contributed by atoms with Crippen molar-refractivity contribution >= 4 is 23.5 Å². The molecule has 0 atom stereocenters. The third kappa shape index (κ3) is 5.06. The Hall–Kier alpha value is -2.86. The molecule has 3 aromatic rings. The Balaban J connectivity index is 1.60. The van der Waals surface area contributed by atoms with Crippen LogP contribution in [0.1, 0.15) is 21.5 Å². The highest BCUT2D eigenvalue weighted by molar-refractivity contribution is 7.98. The Bertz CT molecular complexity index is 855. The minimum Gasteiger partial charge on any atom is -0.366 e. The van der Waals surface area contributed by atoms with E-state index >= 15 is 0 Å². The molecule has 0 radical (unpaired) electrons. The van der Waals surface area contributed by atoms with Gasteiger partial charge >= 0.3 is 0 Å². The molecule has 0 spiro atoms. The Morgan fingerprint density at radius 3 is 2.64 bits per heavy atom. The summed E-state index contributed by atoms with van der Waals surface area (Å²) in [5, 5.41) is 4.09. The highest BCUT2D eigenvalue weighted by Gasteiger charge is 2.03. The smallest absolute Gasteiger partial charge is 0.248 e. The number of anilines is 1. The fourth-order valence-corrected chi connectivity index (χ4v) is 3.07. The van der Waals surface area contributed by atoms with E-state index in [-0.39, 0.29) is 0 Å². The number of nitrogens with one attached hydrogen (secondary N) is 1. The zero-order valence-corrected chi connectivity index (χ0v) is 14.4. The van der Waals surface area contributed by atoms with Gasteiger partial charge in [-0.25, -0.2) is 4.98 Å². The lowest BCUT2D eigenvalue weighted by atomic mass is 10.1. The highest BCUT2D eigenvalue weighted by Crippen LogP contribution is 2.21. The van der Waals surface area contributed by atoms with Gasteiger partial charge in [0.25, 0.3) is 0 Å². The molecular weight excluding hydrogens is 332 g/mol. The fraction of sp³-hybridized carbons (Fsp3) is 0.105. The lowest BCUT2D eigenvalue weighted by Gasteiger charge is -2.08. The van der Waals surface area contributed by atoms with Crippen LogP contribution in [0.15, 0.2) is 72.0 Å². The topological polar surface area (TPSA) is 80.9 Å². The molecule has 126 valence electrons. The zero-order valence-electron chi connectivity index (χ0n) is 13.6. The van der Waals surface area contributed by atoms with Crippen molar-refractivity contribution in [3.63, 3.8) is 0 Å². The van der Waals surface area contributed by atoms with E-state index in [0.29, 0.717) is 17.9 Å². The van der Waals surface area contributed by atoms with Crippen molar-refractivity contribution < 1.29 is 4.79 Å². The summed E-state index contributed by atoms with van der Waals surface area (Å²) < 4.78 is 0. The van der Waals surface area contributed by atoms with Crippen LogP contribution in [0.2, 0.25) is 0 Å². The number of hydrogen-bond acceptors (Lipinski definition) is 5. The Labute approximate surface area is 150 Å². The van der Waals surface area contributed by atoms with Gasteiger partial charge in [-0.15, -0.1) is 11.8 Å². The molecule has 0 fully saturated rings. The number of thioether (sulfide) groups is 1. The van der Waals surface area contributed by atoms with Gasteiger partial charge in [0, 0.05) is 17.9 Å². The van der Waals surface area contributed by atoms with Crippen molar-refractivity contribution in [2.24, 2.45) is 5.73 Å². The third-order valence-electron chi connectivity index (χ3n) is 3.53. The number of benzene rings is 2. The van der Waals surface area contributed by atoms with Crippen LogP contribution < -0.4 is 11.1 Å². The first-order valence-electron chi connectivity index (χ1n) is 7.82. The van der Waals surface area contributed by atoms with Crippen molar-refractivity contribution in [1.82, 2.24) is 9.97 Å². The van der Waals surface area contributed by atoms with Crippen LogP contribution in [-0.2, 0) is 12.3 Å². The Kier molecular flexibility index (Phi) is 5.64. The second-order valence-electron chi connectivity index (χ2n) is 5.44. The molecule has 0 unspecified atom stereocenters. The molecule has 0 saturated carbocycles. The first-order valence-corrected chi connectivity index (χ1v) is 8.80. The summed E-state index contributed by atoms with van der Waals surface area (Å²) in [6, 6.07) is 17.5. The van der Waals surface area contributed by atoms with Gasteiger partial charge in [-0.2, -0.15) is 0 Å². The number of rotatable bonds is 7. The van der Waals surface area contributed by atoms with Crippen LogP contribution in [0.5, 0.6) is 0 Å². The van der Waals surface area contributed by atoms with Crippen LogP contribution in [0.4, 0.5) is 5.82 Å². The molecule has 25 heavy (non-hydrogen) atoms. The molecule has 6 heteroatoms. The standard InChI is InChI=1S/C19H18N4OS/c20-19(24)16-8-4-7-15(9-16)10-22-17-11-21-12-18(23-17)25-13-14-5-2-1-3-6-14/h1-9,11-12H,10,13H2,(H2,20,24)(H,22,23). The van der Waals surface area contributed by atoms with Gasteiger partial charge in [0.2, 0.25) is 5.91 Å². The van der Waals surface area contributed by atoms with Crippen molar-refractivity contribution in [2.75, 3.05) is 5.32 Å². The van der Waals surface area contributed by atoms with E-state index in [1.807, 2.05) is 30.3 Å². The predicted molar refractivity (Wildman–Crippen MR) is 100 cm³/mol. The van der Waals surface area contributed by atoms with Crippen molar-refractivity contribution in [3.05, 3.63) is 83.7 Å². The van der Waals surface area contributed by atoms with Gasteiger partial charge in [-0.1, -0.05) is 42.5 Å². The molecule has 0 bridgehead atoms. The van der Waals surface area contributed by atoms with Gasteiger partial charge in [-0.05, 0) is 23.3 Å². The number of carbonyl (C=O) groups is 1. The van der Waals surface area contributed by atoms with Crippen LogP contribution in [0.25, 0.3) is 0 Å². The van der Waals surface area contributed by atoms with E-state index in [0.717, 1.165) is 16.3 Å². The maximum absolute atomic E-state index is 11.2. The maximum Gasteiger partial charge on any atom is 0.248 e. The summed E-state index contributed by atoms with van der Waals surface area (Å²) in [4.78, 5) is 20.0. The molecule has 0 aliphatic rings. The second kappa shape index (κ2) is 8.30. The monoisotopic (exact) mass is 350 g/mol. The lowest BCUT2D eigenvalue weighted by molar-refractivity contribution is 0.1000. The Morgan fingerprint density at radius 2 is 1.84 bits per heavy atom. The number of aromatic nitrogens is 2. The van der Waals surface area contributed by atoms with E-state index in [4.69, 9.17) is 5.73 Å². The van der Waals surface area contributed by atoms with Gasteiger partial charge < -0.3 is 11.1 Å². The second-order valence-corrected chi connectivity index (χ2v) is 6.43. The molecule has 3 rings (SSSR count). The quantitative estimate of drug-likeness (QED) is 0.638. The van der Waals surface area contributed by atoms with Crippen LogP contribution in [-0.4, -0.2) is 15.9 Å². The van der Waals surface area contributed by atoms with Gasteiger partial charge in [0.1, 0.15) is 10.8 Å². The van der Waals surface area contributed by atoms with Gasteiger partial charge in [-0.3, -0.25) is 9.78 Å². The zero-order chi connectivity index (χ0) is 17.5. The van der Waals surface area contributed by atoms with E-state index < -0.39 is 5.91 Å². The third-order valence-corrected chi connectivity index (χ3v) is 4.50. The summed E-state index contributed by atoms with van der Waals surface area (Å²) in [5.74, 6) is 1.11. The molecule has 0 saturated heterocycles. The largest absolute Gasteiger partial charge is 0.366 e. The summed E-state index contributed by atoms with van der Waals surface area (Å²) in [6.07, 6.45) is 3.44. The number of nitrogens with two attached hydrogens (primary N) is 1. The maximum atomic E-state index is 11.2. The van der Waals surface area contributed by atoms with Crippen LogP contribution >= 0.6 is 11.8 Å². The first-order chi connectivity index (χ1) is 12.2. The van der Waals surface area contributed by atoms with Gasteiger partial charge in [0.05, 0.1) is 12.4 Å². The molecule has 5 nitrogen and oxygen atoms in total. The molecular formula is C19H18N4OS. The summed E-state index contributed by atoms with van der Waals surface area (Å²) in [5.41, 5.74) is 8.01. The first kappa shape index (κ1) is 17.0. The van der Waals surface area contributed by atoms with Crippen LogP contribution in [0, 0.1) is 0 Å². The van der Waals surface area contributed by atoms with E-state index in [1.165, 1.54) is 5.56 Å². The molecule has 1 heterocycles. The van der Waals surface area contributed by atoms with Crippen molar-refractivity contribution in [3.8, 4) is 0 Å². The predicted octanol–water partition coefficient (Wildman–Crippen LogP) is 3.48. The summed E-state index contributed by atoms with van der Waals surface area (Å²) in [6.45, 7) is 0.544. The molecule has 2 aromatic carbocycles. The summed E-state index contributed by atoms with van der Waals surface area (Å²) in [7, 11) is 0. The number of nitrogens with zero attached hydrogens (tertiary/aromatic N) is 2. The average molecular weight is 350 g/mol. The number of hydrogen-bond donors (Lipinski definition) is 2. The molecule has 1 amide bonds. The van der Waals surface area contributed by atoms with E-state index in [9.17, 15) is 4.79 Å². The lowest BCUT2D eigenvalue weighted by Crippen LogP contribution is -2.11. The SMILES string of the molecule is NC(=O)c1cccc(CNc2cncc(SCc3ccccc3)n2)c1. The molecule has 1 aromatic heterocycles. The average Bonchev–Trinajstić information content (AvgIpc) is 2.66. The number of carbonyl (C=O) groups excluding carboxylic acids is 1. The Morgan fingerprint density at radius 1 is 1.04 bits per heavy atom.